The van der Waals surface area contributed by atoms with Gasteiger partial charge in [0.2, 0.25) is 5.91 Å². The van der Waals surface area contributed by atoms with Crippen molar-refractivity contribution in [3.05, 3.63) is 83.9 Å². The molecule has 1 saturated heterocycles. The van der Waals surface area contributed by atoms with Crippen LogP contribution in [0.2, 0.25) is 0 Å². The summed E-state index contributed by atoms with van der Waals surface area (Å²) in [4.78, 5) is 63.0. The zero-order valence-electron chi connectivity index (χ0n) is 24.7. The SMILES string of the molecule is CC(C)(C)CC(=O)Nc1cc(C(=O)NC(CC(=O)O)c2cccnc2)ccc1N1CCCN(C(=O)c2cccnc2)CC1. The molecule has 3 N–H and O–H groups in total. The second-order valence-electron chi connectivity index (χ2n) is 11.8. The van der Waals surface area contributed by atoms with Gasteiger partial charge < -0.3 is 25.5 Å². The predicted octanol–water partition coefficient (Wildman–Crippen LogP) is 4.15. The van der Waals surface area contributed by atoms with E-state index < -0.39 is 17.9 Å². The van der Waals surface area contributed by atoms with Crippen molar-refractivity contribution in [2.75, 3.05) is 36.4 Å². The van der Waals surface area contributed by atoms with E-state index in [0.29, 0.717) is 49.4 Å². The van der Waals surface area contributed by atoms with Crippen LogP contribution in [0.1, 0.15) is 72.4 Å². The van der Waals surface area contributed by atoms with Crippen LogP contribution in [-0.4, -0.2) is 69.8 Å². The van der Waals surface area contributed by atoms with E-state index in [-0.39, 0.29) is 35.6 Å². The zero-order valence-corrected chi connectivity index (χ0v) is 24.7. The van der Waals surface area contributed by atoms with E-state index in [4.69, 9.17) is 0 Å². The molecular weight excluding hydrogens is 548 g/mol. The molecule has 4 rings (SSSR count). The first kappa shape index (κ1) is 31.1. The fourth-order valence-corrected chi connectivity index (χ4v) is 5.01. The summed E-state index contributed by atoms with van der Waals surface area (Å²) < 4.78 is 0. The van der Waals surface area contributed by atoms with Gasteiger partial charge in [-0.15, -0.1) is 0 Å². The first-order valence-electron chi connectivity index (χ1n) is 14.3. The number of carbonyl (C=O) groups excluding carboxylic acids is 3. The maximum Gasteiger partial charge on any atom is 0.305 e. The third-order valence-electron chi connectivity index (χ3n) is 7.03. The van der Waals surface area contributed by atoms with Crippen LogP contribution in [0.5, 0.6) is 0 Å². The Morgan fingerprint density at radius 3 is 2.33 bits per heavy atom. The number of anilines is 2. The van der Waals surface area contributed by atoms with Gasteiger partial charge in [0.1, 0.15) is 0 Å². The van der Waals surface area contributed by atoms with Crippen molar-refractivity contribution in [2.24, 2.45) is 5.41 Å². The summed E-state index contributed by atoms with van der Waals surface area (Å²) in [5.74, 6) is -1.80. The molecule has 43 heavy (non-hydrogen) atoms. The van der Waals surface area contributed by atoms with E-state index in [2.05, 4.69) is 25.5 Å². The summed E-state index contributed by atoms with van der Waals surface area (Å²) in [5, 5.41) is 15.2. The third kappa shape index (κ3) is 8.84. The van der Waals surface area contributed by atoms with Crippen LogP contribution in [-0.2, 0) is 9.59 Å². The number of nitrogens with one attached hydrogen (secondary N) is 2. The number of nitrogens with zero attached hydrogens (tertiary/aromatic N) is 4. The first-order chi connectivity index (χ1) is 20.5. The Kier molecular flexibility index (Phi) is 10.1. The third-order valence-corrected chi connectivity index (χ3v) is 7.03. The summed E-state index contributed by atoms with van der Waals surface area (Å²) in [6.07, 6.45) is 6.97. The summed E-state index contributed by atoms with van der Waals surface area (Å²) in [6, 6.07) is 11.2. The molecule has 0 spiro atoms. The minimum absolute atomic E-state index is 0.0785. The first-order valence-corrected chi connectivity index (χ1v) is 14.3. The molecule has 11 nitrogen and oxygen atoms in total. The number of hydrogen-bond donors (Lipinski definition) is 3. The summed E-state index contributed by atoms with van der Waals surface area (Å²) in [7, 11) is 0. The highest BCUT2D eigenvalue weighted by molar-refractivity contribution is 6.00. The lowest BCUT2D eigenvalue weighted by Gasteiger charge is -2.27. The van der Waals surface area contributed by atoms with Crippen LogP contribution in [0, 0.1) is 5.41 Å². The molecule has 226 valence electrons. The van der Waals surface area contributed by atoms with Crippen LogP contribution in [0.3, 0.4) is 0 Å². The Hall–Kier alpha value is -4.80. The number of pyridine rings is 2. The minimum atomic E-state index is -1.06. The van der Waals surface area contributed by atoms with E-state index >= 15 is 0 Å². The molecule has 0 radical (unpaired) electrons. The van der Waals surface area contributed by atoms with Crippen LogP contribution >= 0.6 is 0 Å². The molecule has 1 unspecified atom stereocenters. The monoisotopic (exact) mass is 586 g/mol. The highest BCUT2D eigenvalue weighted by Crippen LogP contribution is 2.30. The fourth-order valence-electron chi connectivity index (χ4n) is 5.01. The van der Waals surface area contributed by atoms with Gasteiger partial charge in [-0.05, 0) is 53.8 Å². The largest absolute Gasteiger partial charge is 0.481 e. The van der Waals surface area contributed by atoms with E-state index in [1.807, 2.05) is 20.8 Å². The summed E-state index contributed by atoms with van der Waals surface area (Å²) >= 11 is 0. The van der Waals surface area contributed by atoms with E-state index in [1.54, 1.807) is 66.0 Å². The number of rotatable bonds is 9. The van der Waals surface area contributed by atoms with Crippen molar-refractivity contribution in [1.29, 1.82) is 0 Å². The second-order valence-corrected chi connectivity index (χ2v) is 11.8. The molecule has 1 aliphatic heterocycles. The predicted molar refractivity (Wildman–Crippen MR) is 163 cm³/mol. The lowest BCUT2D eigenvalue weighted by atomic mass is 9.92. The lowest BCUT2D eigenvalue weighted by Crippen LogP contribution is -2.35. The maximum absolute atomic E-state index is 13.4. The molecule has 0 saturated carbocycles. The Bertz CT molecular complexity index is 1440. The van der Waals surface area contributed by atoms with E-state index in [1.165, 1.54) is 6.20 Å². The van der Waals surface area contributed by atoms with E-state index in [0.717, 1.165) is 5.69 Å². The number of hydrogen-bond acceptors (Lipinski definition) is 7. The van der Waals surface area contributed by atoms with Crippen molar-refractivity contribution in [3.8, 4) is 0 Å². The Balaban J connectivity index is 1.58. The van der Waals surface area contributed by atoms with Crippen molar-refractivity contribution in [3.63, 3.8) is 0 Å². The molecular formula is C32H38N6O5. The quantitative estimate of drug-likeness (QED) is 0.339. The van der Waals surface area contributed by atoms with Gasteiger partial charge in [0.25, 0.3) is 11.8 Å². The van der Waals surface area contributed by atoms with Crippen molar-refractivity contribution >= 4 is 35.1 Å². The number of amides is 3. The molecule has 2 aromatic heterocycles. The zero-order chi connectivity index (χ0) is 31.0. The highest BCUT2D eigenvalue weighted by atomic mass is 16.4. The molecule has 0 aliphatic carbocycles. The van der Waals surface area contributed by atoms with Gasteiger partial charge in [-0.2, -0.15) is 0 Å². The van der Waals surface area contributed by atoms with Gasteiger partial charge in [-0.25, -0.2) is 0 Å². The molecule has 11 heteroatoms. The van der Waals surface area contributed by atoms with Gasteiger partial charge in [-0.1, -0.05) is 26.8 Å². The topological polar surface area (TPSA) is 145 Å². The van der Waals surface area contributed by atoms with Crippen LogP contribution in [0.25, 0.3) is 0 Å². The smallest absolute Gasteiger partial charge is 0.305 e. The number of carboxylic acids is 1. The maximum atomic E-state index is 13.4. The number of aliphatic carboxylic acids is 1. The van der Waals surface area contributed by atoms with E-state index in [9.17, 15) is 24.3 Å². The molecule has 1 fully saturated rings. The molecule has 3 aromatic rings. The molecule has 3 heterocycles. The Labute approximate surface area is 251 Å². The van der Waals surface area contributed by atoms with Crippen molar-refractivity contribution in [2.45, 2.75) is 46.1 Å². The highest BCUT2D eigenvalue weighted by Gasteiger charge is 2.25. The lowest BCUT2D eigenvalue weighted by molar-refractivity contribution is -0.137. The van der Waals surface area contributed by atoms with Gasteiger partial charge in [0.15, 0.2) is 0 Å². The number of benzene rings is 1. The average Bonchev–Trinajstić information content (AvgIpc) is 3.22. The van der Waals surface area contributed by atoms with Gasteiger partial charge in [0.05, 0.1) is 29.4 Å². The average molecular weight is 587 g/mol. The Morgan fingerprint density at radius 2 is 1.67 bits per heavy atom. The minimum Gasteiger partial charge on any atom is -0.481 e. The van der Waals surface area contributed by atoms with Gasteiger partial charge >= 0.3 is 5.97 Å². The number of aromatic nitrogens is 2. The van der Waals surface area contributed by atoms with Crippen LogP contribution in [0.4, 0.5) is 11.4 Å². The van der Waals surface area contributed by atoms with Crippen molar-refractivity contribution in [1.82, 2.24) is 20.2 Å². The molecule has 3 amide bonds. The normalized spacial score (nSPS) is 14.4. The van der Waals surface area contributed by atoms with Crippen molar-refractivity contribution < 1.29 is 24.3 Å². The summed E-state index contributed by atoms with van der Waals surface area (Å²) in [6.45, 7) is 8.15. The molecule has 1 atom stereocenters. The Morgan fingerprint density at radius 1 is 0.930 bits per heavy atom. The molecule has 0 bridgehead atoms. The fraction of sp³-hybridized carbons (Fsp3) is 0.375. The summed E-state index contributed by atoms with van der Waals surface area (Å²) in [5.41, 5.74) is 2.35. The number of carbonyl (C=O) groups is 4. The standard InChI is InChI=1S/C32H38N6O5/c1-32(2,3)19-28(39)35-26-17-22(30(42)36-25(18-29(40)41)23-7-4-11-33-20-23)9-10-27(26)37-13-6-14-38(16-15-37)31(43)24-8-5-12-34-21-24/h4-5,7-12,17,20-21,25H,6,13-16,18-19H2,1-3H3,(H,35,39)(H,36,42)(H,40,41). The molecule has 1 aromatic carbocycles. The van der Waals surface area contributed by atoms with Gasteiger partial charge in [0, 0.05) is 63.0 Å². The van der Waals surface area contributed by atoms with Gasteiger partial charge in [-0.3, -0.25) is 29.1 Å². The molecule has 1 aliphatic rings. The number of carboxylic acid groups (broad SMARTS) is 1. The van der Waals surface area contributed by atoms with Crippen LogP contribution in [0.15, 0.2) is 67.3 Å². The second kappa shape index (κ2) is 13.9. The van der Waals surface area contributed by atoms with Crippen LogP contribution < -0.4 is 15.5 Å².